The molecule has 0 saturated heterocycles. The van der Waals surface area contributed by atoms with E-state index in [1.54, 1.807) is 0 Å². The second-order valence-electron chi connectivity index (χ2n) is 5.93. The molecule has 0 aliphatic carbocycles. The van der Waals surface area contributed by atoms with Crippen LogP contribution in [-0.4, -0.2) is 18.2 Å². The number of fused-ring (bicyclic) bond motifs is 1. The normalized spacial score (nSPS) is 10.8. The smallest absolute Gasteiger partial charge is 0.252 e. The zero-order chi connectivity index (χ0) is 17.6. The van der Waals surface area contributed by atoms with Crippen LogP contribution in [0.2, 0.25) is 0 Å². The van der Waals surface area contributed by atoms with Crippen molar-refractivity contribution in [1.29, 1.82) is 0 Å². The van der Waals surface area contributed by atoms with Crippen LogP contribution in [0, 0.1) is 10.5 Å². The molecule has 0 unspecified atom stereocenters. The molecule has 0 spiro atoms. The van der Waals surface area contributed by atoms with Gasteiger partial charge in [0.2, 0.25) is 0 Å². The van der Waals surface area contributed by atoms with Crippen LogP contribution in [0.5, 0.6) is 0 Å². The van der Waals surface area contributed by atoms with Crippen LogP contribution >= 0.6 is 34.4 Å². The van der Waals surface area contributed by atoms with E-state index in [2.05, 4.69) is 70.4 Å². The molecule has 0 saturated carbocycles. The molecule has 0 bridgehead atoms. The van der Waals surface area contributed by atoms with Crippen molar-refractivity contribution in [2.24, 2.45) is 0 Å². The first-order valence-electron chi connectivity index (χ1n) is 8.24. The number of halogens is 1. The second kappa shape index (κ2) is 8.72. The summed E-state index contributed by atoms with van der Waals surface area (Å²) < 4.78 is 0.999. The molecule has 1 amide bonds. The van der Waals surface area contributed by atoms with E-state index in [4.69, 9.17) is 0 Å². The highest BCUT2D eigenvalue weighted by atomic mass is 127. The van der Waals surface area contributed by atoms with Crippen molar-refractivity contribution in [3.63, 3.8) is 0 Å². The van der Waals surface area contributed by atoms with Gasteiger partial charge in [-0.25, -0.2) is 0 Å². The molecule has 0 heterocycles. The zero-order valence-corrected chi connectivity index (χ0v) is 17.1. The molecule has 3 rings (SSSR count). The maximum atomic E-state index is 12.3. The summed E-state index contributed by atoms with van der Waals surface area (Å²) in [5, 5.41) is 5.61. The first kappa shape index (κ1) is 18.3. The molecular weight excluding hydrogens is 441 g/mol. The van der Waals surface area contributed by atoms with E-state index in [0.717, 1.165) is 20.6 Å². The van der Waals surface area contributed by atoms with Gasteiger partial charge in [-0.2, -0.15) is 11.8 Å². The quantitative estimate of drug-likeness (QED) is 0.393. The van der Waals surface area contributed by atoms with Gasteiger partial charge in [0.15, 0.2) is 0 Å². The summed E-state index contributed by atoms with van der Waals surface area (Å²) in [6.45, 7) is 2.71. The number of thioether (sulfide) groups is 1. The standard InChI is InChI=1S/C21H20INOS/c1-15-9-10-19(20(22)13-15)21(24)23-11-12-25-14-17-7-4-6-16-5-2-3-8-18(16)17/h2-10,13H,11-12,14H2,1H3,(H,23,24). The van der Waals surface area contributed by atoms with E-state index in [9.17, 15) is 4.79 Å². The SMILES string of the molecule is Cc1ccc(C(=O)NCCSCc2cccc3ccccc23)c(I)c1. The highest BCUT2D eigenvalue weighted by Crippen LogP contribution is 2.22. The van der Waals surface area contributed by atoms with Gasteiger partial charge in [-0.15, -0.1) is 0 Å². The maximum Gasteiger partial charge on any atom is 0.252 e. The van der Waals surface area contributed by atoms with Crippen molar-refractivity contribution in [1.82, 2.24) is 5.32 Å². The monoisotopic (exact) mass is 461 g/mol. The zero-order valence-electron chi connectivity index (χ0n) is 14.1. The van der Waals surface area contributed by atoms with Crippen LogP contribution in [0.3, 0.4) is 0 Å². The van der Waals surface area contributed by atoms with E-state index in [-0.39, 0.29) is 5.91 Å². The topological polar surface area (TPSA) is 29.1 Å². The Balaban J connectivity index is 1.49. The molecule has 1 N–H and O–H groups in total. The predicted molar refractivity (Wildman–Crippen MR) is 116 cm³/mol. The summed E-state index contributed by atoms with van der Waals surface area (Å²) in [6, 6.07) is 20.8. The lowest BCUT2D eigenvalue weighted by Crippen LogP contribution is -2.26. The minimum Gasteiger partial charge on any atom is -0.351 e. The van der Waals surface area contributed by atoms with E-state index < -0.39 is 0 Å². The number of amides is 1. The van der Waals surface area contributed by atoms with Crippen molar-refractivity contribution in [3.8, 4) is 0 Å². The van der Waals surface area contributed by atoms with E-state index in [1.165, 1.54) is 21.9 Å². The summed E-state index contributed by atoms with van der Waals surface area (Å²) in [4.78, 5) is 12.3. The molecule has 0 aliphatic heterocycles. The Morgan fingerprint density at radius 2 is 1.88 bits per heavy atom. The molecule has 3 aromatic rings. The van der Waals surface area contributed by atoms with Crippen molar-refractivity contribution in [2.45, 2.75) is 12.7 Å². The van der Waals surface area contributed by atoms with Crippen LogP contribution in [0.25, 0.3) is 10.8 Å². The molecule has 0 atom stereocenters. The van der Waals surface area contributed by atoms with Crippen LogP contribution in [0.15, 0.2) is 60.7 Å². The molecule has 128 valence electrons. The lowest BCUT2D eigenvalue weighted by molar-refractivity contribution is 0.0955. The van der Waals surface area contributed by atoms with Gasteiger partial charge in [0.25, 0.3) is 5.91 Å². The molecule has 2 nitrogen and oxygen atoms in total. The number of aryl methyl sites for hydroxylation is 1. The first-order chi connectivity index (χ1) is 12.1. The van der Waals surface area contributed by atoms with Gasteiger partial charge >= 0.3 is 0 Å². The van der Waals surface area contributed by atoms with Crippen molar-refractivity contribution < 1.29 is 4.79 Å². The third-order valence-corrected chi connectivity index (χ3v) is 5.94. The molecular formula is C21H20INOS. The fraction of sp³-hybridized carbons (Fsp3) is 0.190. The number of rotatable bonds is 6. The molecule has 0 fully saturated rings. The summed E-state index contributed by atoms with van der Waals surface area (Å²) in [7, 11) is 0. The van der Waals surface area contributed by atoms with Crippen LogP contribution in [0.4, 0.5) is 0 Å². The minimum atomic E-state index is 0.00941. The summed E-state index contributed by atoms with van der Waals surface area (Å²) in [5.41, 5.74) is 3.28. The van der Waals surface area contributed by atoms with Crippen LogP contribution in [0.1, 0.15) is 21.5 Å². The maximum absolute atomic E-state index is 12.3. The van der Waals surface area contributed by atoms with Crippen LogP contribution in [-0.2, 0) is 5.75 Å². The lowest BCUT2D eigenvalue weighted by atomic mass is 10.1. The summed E-state index contributed by atoms with van der Waals surface area (Å²) in [6.07, 6.45) is 0. The number of carbonyl (C=O) groups is 1. The number of carbonyl (C=O) groups excluding carboxylic acids is 1. The number of hydrogen-bond acceptors (Lipinski definition) is 2. The second-order valence-corrected chi connectivity index (χ2v) is 8.20. The number of nitrogens with one attached hydrogen (secondary N) is 1. The van der Waals surface area contributed by atoms with Crippen LogP contribution < -0.4 is 5.32 Å². The Bertz CT molecular complexity index is 889. The molecule has 25 heavy (non-hydrogen) atoms. The van der Waals surface area contributed by atoms with Crippen molar-refractivity contribution in [2.75, 3.05) is 12.3 Å². The fourth-order valence-electron chi connectivity index (χ4n) is 2.74. The third-order valence-electron chi connectivity index (χ3n) is 4.04. The first-order valence-corrected chi connectivity index (χ1v) is 10.5. The highest BCUT2D eigenvalue weighted by Gasteiger charge is 2.09. The van der Waals surface area contributed by atoms with Gasteiger partial charge in [0.05, 0.1) is 5.56 Å². The molecule has 0 aliphatic rings. The number of benzene rings is 3. The van der Waals surface area contributed by atoms with Gasteiger partial charge in [0, 0.05) is 21.6 Å². The minimum absolute atomic E-state index is 0.00941. The Hall–Kier alpha value is -1.53. The number of hydrogen-bond donors (Lipinski definition) is 1. The average molecular weight is 461 g/mol. The van der Waals surface area contributed by atoms with Gasteiger partial charge in [-0.3, -0.25) is 4.79 Å². The van der Waals surface area contributed by atoms with Crippen molar-refractivity contribution >= 4 is 51.0 Å². The summed E-state index contributed by atoms with van der Waals surface area (Å²) in [5.74, 6) is 1.87. The molecule has 4 heteroatoms. The fourth-order valence-corrected chi connectivity index (χ4v) is 4.52. The van der Waals surface area contributed by atoms with E-state index in [0.29, 0.717) is 6.54 Å². The predicted octanol–water partition coefficient (Wildman–Crippen LogP) is 5.42. The Morgan fingerprint density at radius 1 is 1.08 bits per heavy atom. The van der Waals surface area contributed by atoms with Gasteiger partial charge < -0.3 is 5.32 Å². The molecule has 3 aromatic carbocycles. The molecule has 0 radical (unpaired) electrons. The largest absolute Gasteiger partial charge is 0.351 e. The third kappa shape index (κ3) is 4.76. The Labute approximate surface area is 166 Å². The summed E-state index contributed by atoms with van der Waals surface area (Å²) >= 11 is 4.07. The lowest BCUT2D eigenvalue weighted by Gasteiger charge is -2.09. The molecule has 0 aromatic heterocycles. The van der Waals surface area contributed by atoms with Gasteiger partial charge in [-0.05, 0) is 58.0 Å². The highest BCUT2D eigenvalue weighted by molar-refractivity contribution is 14.1. The Morgan fingerprint density at radius 3 is 2.72 bits per heavy atom. The van der Waals surface area contributed by atoms with Crippen molar-refractivity contribution in [3.05, 3.63) is 80.9 Å². The van der Waals surface area contributed by atoms with E-state index >= 15 is 0 Å². The average Bonchev–Trinajstić information content (AvgIpc) is 2.61. The Kier molecular flexibility index (Phi) is 6.37. The van der Waals surface area contributed by atoms with Gasteiger partial charge in [-0.1, -0.05) is 54.1 Å². The van der Waals surface area contributed by atoms with Gasteiger partial charge in [0.1, 0.15) is 0 Å². The van der Waals surface area contributed by atoms with E-state index in [1.807, 2.05) is 36.9 Å².